The normalized spacial score (nSPS) is 10.4. The van der Waals surface area contributed by atoms with E-state index in [1.54, 1.807) is 18.2 Å². The summed E-state index contributed by atoms with van der Waals surface area (Å²) in [6, 6.07) is 13.5. The lowest BCUT2D eigenvalue weighted by molar-refractivity contribution is 0.0751. The van der Waals surface area contributed by atoms with Crippen molar-refractivity contribution in [2.24, 2.45) is 0 Å². The van der Waals surface area contributed by atoms with Crippen LogP contribution in [0.3, 0.4) is 0 Å². The van der Waals surface area contributed by atoms with Gasteiger partial charge in [0.15, 0.2) is 0 Å². The first-order chi connectivity index (χ1) is 10.0. The van der Waals surface area contributed by atoms with E-state index in [1.165, 1.54) is 5.56 Å². The highest BCUT2D eigenvalue weighted by Crippen LogP contribution is 2.25. The molecule has 4 heteroatoms. The first-order valence-electron chi connectivity index (χ1n) is 6.92. The highest BCUT2D eigenvalue weighted by atomic mass is 79.9. The molecule has 0 heterocycles. The molecule has 2 rings (SSSR count). The second-order valence-electron chi connectivity index (χ2n) is 4.95. The zero-order chi connectivity index (χ0) is 15.4. The van der Waals surface area contributed by atoms with Crippen molar-refractivity contribution in [1.29, 1.82) is 0 Å². The molecule has 0 atom stereocenters. The third-order valence-electron chi connectivity index (χ3n) is 3.55. The molecule has 2 aromatic rings. The van der Waals surface area contributed by atoms with E-state index < -0.39 is 0 Å². The zero-order valence-electron chi connectivity index (χ0n) is 12.3. The maximum atomic E-state index is 12.7. The molecule has 110 valence electrons. The predicted molar refractivity (Wildman–Crippen MR) is 90.1 cm³/mol. The van der Waals surface area contributed by atoms with Crippen LogP contribution in [-0.2, 0) is 6.54 Å². The van der Waals surface area contributed by atoms with Crippen molar-refractivity contribution < 1.29 is 4.79 Å². The predicted octanol–water partition coefficient (Wildman–Crippen LogP) is 4.00. The molecule has 0 spiro atoms. The molecule has 21 heavy (non-hydrogen) atoms. The van der Waals surface area contributed by atoms with Gasteiger partial charge in [-0.15, -0.1) is 0 Å². The van der Waals surface area contributed by atoms with Crippen LogP contribution in [0, 0.1) is 6.92 Å². The maximum absolute atomic E-state index is 12.7. The standard InChI is InChI=1S/C17H19BrN2O/c1-3-20(11-13-8-5-4-7-12(13)2)17(21)14-9-6-10-15(19)16(14)18/h4-10H,3,11,19H2,1-2H3. The minimum atomic E-state index is -0.0140. The fraction of sp³-hybridized carbons (Fsp3) is 0.235. The molecule has 0 aliphatic rings. The molecular weight excluding hydrogens is 328 g/mol. The maximum Gasteiger partial charge on any atom is 0.255 e. The van der Waals surface area contributed by atoms with Crippen molar-refractivity contribution in [3.8, 4) is 0 Å². The van der Waals surface area contributed by atoms with Crippen LogP contribution >= 0.6 is 15.9 Å². The fourth-order valence-corrected chi connectivity index (χ4v) is 2.64. The van der Waals surface area contributed by atoms with Crippen LogP contribution in [0.2, 0.25) is 0 Å². The van der Waals surface area contributed by atoms with E-state index >= 15 is 0 Å². The topological polar surface area (TPSA) is 46.3 Å². The van der Waals surface area contributed by atoms with Crippen molar-refractivity contribution in [2.75, 3.05) is 12.3 Å². The van der Waals surface area contributed by atoms with Gasteiger partial charge in [-0.05, 0) is 53.0 Å². The molecule has 3 nitrogen and oxygen atoms in total. The van der Waals surface area contributed by atoms with Gasteiger partial charge in [-0.3, -0.25) is 4.79 Å². The number of aryl methyl sites for hydroxylation is 1. The van der Waals surface area contributed by atoms with E-state index in [0.29, 0.717) is 28.8 Å². The van der Waals surface area contributed by atoms with Gasteiger partial charge in [0.1, 0.15) is 0 Å². The molecule has 0 saturated carbocycles. The highest BCUT2D eigenvalue weighted by Gasteiger charge is 2.18. The summed E-state index contributed by atoms with van der Waals surface area (Å²) >= 11 is 3.41. The summed E-state index contributed by atoms with van der Waals surface area (Å²) in [6.45, 7) is 5.29. The third kappa shape index (κ3) is 3.45. The summed E-state index contributed by atoms with van der Waals surface area (Å²) in [4.78, 5) is 14.5. The smallest absolute Gasteiger partial charge is 0.255 e. The van der Waals surface area contributed by atoms with Crippen LogP contribution in [0.5, 0.6) is 0 Å². The molecule has 0 aliphatic heterocycles. The van der Waals surface area contributed by atoms with Crippen LogP contribution in [0.15, 0.2) is 46.9 Å². The number of amides is 1. The Balaban J connectivity index is 2.27. The first kappa shape index (κ1) is 15.6. The SMILES string of the molecule is CCN(Cc1ccccc1C)C(=O)c1cccc(N)c1Br. The molecule has 0 saturated heterocycles. The number of rotatable bonds is 4. The van der Waals surface area contributed by atoms with Crippen molar-refractivity contribution in [2.45, 2.75) is 20.4 Å². The van der Waals surface area contributed by atoms with Crippen molar-refractivity contribution >= 4 is 27.5 Å². The lowest BCUT2D eigenvalue weighted by atomic mass is 10.1. The van der Waals surface area contributed by atoms with Gasteiger partial charge in [-0.2, -0.15) is 0 Å². The summed E-state index contributed by atoms with van der Waals surface area (Å²) in [6.07, 6.45) is 0. The number of hydrogen-bond acceptors (Lipinski definition) is 2. The average Bonchev–Trinajstić information content (AvgIpc) is 2.48. The van der Waals surface area contributed by atoms with Gasteiger partial charge in [0.2, 0.25) is 0 Å². The van der Waals surface area contributed by atoms with Crippen LogP contribution < -0.4 is 5.73 Å². The number of hydrogen-bond donors (Lipinski definition) is 1. The van der Waals surface area contributed by atoms with E-state index in [2.05, 4.69) is 35.0 Å². The van der Waals surface area contributed by atoms with E-state index in [4.69, 9.17) is 5.73 Å². The number of benzene rings is 2. The summed E-state index contributed by atoms with van der Waals surface area (Å²) < 4.78 is 0.665. The van der Waals surface area contributed by atoms with Crippen molar-refractivity contribution in [3.05, 3.63) is 63.6 Å². The van der Waals surface area contributed by atoms with Crippen LogP contribution in [0.25, 0.3) is 0 Å². The van der Waals surface area contributed by atoms with Crippen LogP contribution in [-0.4, -0.2) is 17.4 Å². The number of nitrogens with zero attached hydrogens (tertiary/aromatic N) is 1. The van der Waals surface area contributed by atoms with Gasteiger partial charge in [-0.1, -0.05) is 30.3 Å². The molecule has 2 aromatic carbocycles. The fourth-order valence-electron chi connectivity index (χ4n) is 2.21. The third-order valence-corrected chi connectivity index (χ3v) is 4.44. The van der Waals surface area contributed by atoms with Crippen LogP contribution in [0.1, 0.15) is 28.4 Å². The average molecular weight is 347 g/mol. The number of anilines is 1. The molecule has 0 bridgehead atoms. The minimum Gasteiger partial charge on any atom is -0.398 e. The Kier molecular flexibility index (Phi) is 5.02. The molecule has 0 aromatic heterocycles. The Morgan fingerprint density at radius 1 is 1.19 bits per heavy atom. The first-order valence-corrected chi connectivity index (χ1v) is 7.71. The van der Waals surface area contributed by atoms with E-state index in [-0.39, 0.29) is 5.91 Å². The number of carbonyl (C=O) groups is 1. The Morgan fingerprint density at radius 3 is 2.57 bits per heavy atom. The number of nitrogens with two attached hydrogens (primary N) is 1. The molecular formula is C17H19BrN2O. The van der Waals surface area contributed by atoms with Gasteiger partial charge >= 0.3 is 0 Å². The Hall–Kier alpha value is -1.81. The minimum absolute atomic E-state index is 0.0140. The Bertz CT molecular complexity index is 655. The second kappa shape index (κ2) is 6.76. The number of nitrogen functional groups attached to an aromatic ring is 1. The largest absolute Gasteiger partial charge is 0.398 e. The van der Waals surface area contributed by atoms with Gasteiger partial charge < -0.3 is 10.6 Å². The molecule has 1 amide bonds. The lowest BCUT2D eigenvalue weighted by Gasteiger charge is -2.23. The number of halogens is 1. The van der Waals surface area contributed by atoms with Crippen molar-refractivity contribution in [3.63, 3.8) is 0 Å². The van der Waals surface area contributed by atoms with Gasteiger partial charge in [0, 0.05) is 18.8 Å². The zero-order valence-corrected chi connectivity index (χ0v) is 13.9. The molecule has 0 fully saturated rings. The molecule has 0 aliphatic carbocycles. The van der Waals surface area contributed by atoms with Crippen molar-refractivity contribution in [1.82, 2.24) is 4.90 Å². The van der Waals surface area contributed by atoms with Gasteiger partial charge in [-0.25, -0.2) is 0 Å². The number of carbonyl (C=O) groups excluding carboxylic acids is 1. The molecule has 0 radical (unpaired) electrons. The van der Waals surface area contributed by atoms with Gasteiger partial charge in [0.25, 0.3) is 5.91 Å². The van der Waals surface area contributed by atoms with Crippen LogP contribution in [0.4, 0.5) is 5.69 Å². The molecule has 0 unspecified atom stereocenters. The Morgan fingerprint density at radius 2 is 1.90 bits per heavy atom. The quantitative estimate of drug-likeness (QED) is 0.850. The monoisotopic (exact) mass is 346 g/mol. The Labute approximate surface area is 133 Å². The summed E-state index contributed by atoms with van der Waals surface area (Å²) in [5, 5.41) is 0. The van der Waals surface area contributed by atoms with E-state index in [0.717, 1.165) is 5.56 Å². The van der Waals surface area contributed by atoms with E-state index in [1.807, 2.05) is 24.0 Å². The van der Waals surface area contributed by atoms with Gasteiger partial charge in [0.05, 0.1) is 10.0 Å². The summed E-state index contributed by atoms with van der Waals surface area (Å²) in [5.41, 5.74) is 9.39. The second-order valence-corrected chi connectivity index (χ2v) is 5.75. The summed E-state index contributed by atoms with van der Waals surface area (Å²) in [5.74, 6) is -0.0140. The van der Waals surface area contributed by atoms with E-state index in [9.17, 15) is 4.79 Å². The lowest BCUT2D eigenvalue weighted by Crippen LogP contribution is -2.31. The summed E-state index contributed by atoms with van der Waals surface area (Å²) in [7, 11) is 0. The molecule has 2 N–H and O–H groups in total. The highest BCUT2D eigenvalue weighted by molar-refractivity contribution is 9.10.